The van der Waals surface area contributed by atoms with Crippen molar-refractivity contribution in [2.75, 3.05) is 13.2 Å². The van der Waals surface area contributed by atoms with Gasteiger partial charge in [-0.1, -0.05) is 11.6 Å². The SMILES string of the molecule is OC(CC1CCOCC1)c1ccncc1Cl. The molecule has 0 radical (unpaired) electrons. The average Bonchev–Trinajstić information content (AvgIpc) is 2.31. The van der Waals surface area contributed by atoms with Crippen LogP contribution in [0.5, 0.6) is 0 Å². The van der Waals surface area contributed by atoms with E-state index in [9.17, 15) is 5.11 Å². The van der Waals surface area contributed by atoms with Crippen LogP contribution in [0.15, 0.2) is 18.5 Å². The minimum absolute atomic E-state index is 0.487. The van der Waals surface area contributed by atoms with Crippen LogP contribution in [0.4, 0.5) is 0 Å². The van der Waals surface area contributed by atoms with Gasteiger partial charge in [0.15, 0.2) is 0 Å². The first kappa shape index (κ1) is 11.8. The molecule has 2 rings (SSSR count). The molecule has 0 saturated carbocycles. The molecule has 16 heavy (non-hydrogen) atoms. The molecule has 2 heterocycles. The summed E-state index contributed by atoms with van der Waals surface area (Å²) in [6.07, 6.45) is 5.56. The lowest BCUT2D eigenvalue weighted by Gasteiger charge is -2.24. The van der Waals surface area contributed by atoms with Gasteiger partial charge in [-0.3, -0.25) is 4.98 Å². The minimum Gasteiger partial charge on any atom is -0.388 e. The predicted molar refractivity (Wildman–Crippen MR) is 62.4 cm³/mol. The number of hydrogen-bond donors (Lipinski definition) is 1. The third kappa shape index (κ3) is 2.94. The van der Waals surface area contributed by atoms with Crippen LogP contribution >= 0.6 is 11.6 Å². The number of rotatable bonds is 3. The maximum Gasteiger partial charge on any atom is 0.0808 e. The lowest BCUT2D eigenvalue weighted by molar-refractivity contribution is 0.0435. The van der Waals surface area contributed by atoms with Crippen molar-refractivity contribution >= 4 is 11.6 Å². The first-order chi connectivity index (χ1) is 7.77. The van der Waals surface area contributed by atoms with Crippen LogP contribution in [0.1, 0.15) is 30.9 Å². The molecule has 3 nitrogen and oxygen atoms in total. The highest BCUT2D eigenvalue weighted by atomic mass is 35.5. The number of pyridine rings is 1. The van der Waals surface area contributed by atoms with Crippen LogP contribution in [0, 0.1) is 5.92 Å². The Hall–Kier alpha value is -0.640. The summed E-state index contributed by atoms with van der Waals surface area (Å²) in [4.78, 5) is 3.91. The quantitative estimate of drug-likeness (QED) is 0.885. The first-order valence-corrected chi connectivity index (χ1v) is 6.00. The van der Waals surface area contributed by atoms with Gasteiger partial charge in [-0.15, -0.1) is 0 Å². The standard InChI is InChI=1S/C12H16ClNO2/c13-11-8-14-4-1-10(11)12(15)7-9-2-5-16-6-3-9/h1,4,8-9,12,15H,2-3,5-7H2. The molecule has 1 aromatic rings. The molecule has 1 aromatic heterocycles. The molecule has 0 spiro atoms. The Morgan fingerprint density at radius 3 is 2.94 bits per heavy atom. The molecular formula is C12H16ClNO2. The Morgan fingerprint density at radius 2 is 2.25 bits per heavy atom. The molecule has 0 bridgehead atoms. The third-order valence-corrected chi connectivity index (χ3v) is 3.38. The molecule has 1 unspecified atom stereocenters. The highest BCUT2D eigenvalue weighted by Crippen LogP contribution is 2.30. The summed E-state index contributed by atoms with van der Waals surface area (Å²) in [5.41, 5.74) is 0.781. The largest absolute Gasteiger partial charge is 0.388 e. The Labute approximate surface area is 100 Å². The van der Waals surface area contributed by atoms with E-state index in [0.29, 0.717) is 10.9 Å². The molecular weight excluding hydrogens is 226 g/mol. The van der Waals surface area contributed by atoms with Gasteiger partial charge in [0.1, 0.15) is 0 Å². The van der Waals surface area contributed by atoms with Gasteiger partial charge in [0, 0.05) is 31.2 Å². The molecule has 88 valence electrons. The second-order valence-corrected chi connectivity index (χ2v) is 4.61. The molecule has 0 amide bonds. The zero-order chi connectivity index (χ0) is 11.4. The summed E-state index contributed by atoms with van der Waals surface area (Å²) in [5.74, 6) is 0.535. The molecule has 1 saturated heterocycles. The highest BCUT2D eigenvalue weighted by Gasteiger charge is 2.20. The average molecular weight is 242 g/mol. The molecule has 1 aliphatic rings. The topological polar surface area (TPSA) is 42.4 Å². The summed E-state index contributed by atoms with van der Waals surface area (Å²) in [7, 11) is 0. The smallest absolute Gasteiger partial charge is 0.0808 e. The predicted octanol–water partition coefficient (Wildman–Crippen LogP) is 2.59. The van der Waals surface area contributed by atoms with Crippen molar-refractivity contribution in [2.24, 2.45) is 5.92 Å². The number of hydrogen-bond acceptors (Lipinski definition) is 3. The van der Waals surface area contributed by atoms with Crippen LogP contribution < -0.4 is 0 Å². The second-order valence-electron chi connectivity index (χ2n) is 4.20. The lowest BCUT2D eigenvalue weighted by Crippen LogP contribution is -2.18. The van der Waals surface area contributed by atoms with Crippen LogP contribution in [0.3, 0.4) is 0 Å². The van der Waals surface area contributed by atoms with Crippen molar-refractivity contribution in [2.45, 2.75) is 25.4 Å². The van der Waals surface area contributed by atoms with Crippen LogP contribution in [-0.4, -0.2) is 23.3 Å². The zero-order valence-corrected chi connectivity index (χ0v) is 9.86. The van der Waals surface area contributed by atoms with Gasteiger partial charge in [-0.2, -0.15) is 0 Å². The minimum atomic E-state index is -0.487. The van der Waals surface area contributed by atoms with Gasteiger partial charge in [-0.25, -0.2) is 0 Å². The monoisotopic (exact) mass is 241 g/mol. The maximum atomic E-state index is 10.1. The van der Waals surface area contributed by atoms with Crippen molar-refractivity contribution < 1.29 is 9.84 Å². The number of halogens is 1. The second kappa shape index (κ2) is 5.62. The molecule has 1 atom stereocenters. The summed E-state index contributed by atoms with van der Waals surface area (Å²) >= 11 is 5.99. The normalized spacial score (nSPS) is 19.6. The van der Waals surface area contributed by atoms with E-state index in [1.807, 2.05) is 0 Å². The van der Waals surface area contributed by atoms with Crippen molar-refractivity contribution in [3.8, 4) is 0 Å². The van der Waals surface area contributed by atoms with Crippen molar-refractivity contribution in [1.82, 2.24) is 4.98 Å². The maximum absolute atomic E-state index is 10.1. The van der Waals surface area contributed by atoms with E-state index in [2.05, 4.69) is 4.98 Å². The number of aromatic nitrogens is 1. The van der Waals surface area contributed by atoms with E-state index in [1.54, 1.807) is 18.5 Å². The molecule has 1 aliphatic heterocycles. The Morgan fingerprint density at radius 1 is 1.50 bits per heavy atom. The molecule has 1 N–H and O–H groups in total. The summed E-state index contributed by atoms with van der Waals surface area (Å²) in [6.45, 7) is 1.61. The van der Waals surface area contributed by atoms with Gasteiger partial charge in [0.05, 0.1) is 11.1 Å². The third-order valence-electron chi connectivity index (χ3n) is 3.06. The van der Waals surface area contributed by atoms with Crippen molar-refractivity contribution in [3.05, 3.63) is 29.0 Å². The van der Waals surface area contributed by atoms with E-state index >= 15 is 0 Å². The summed E-state index contributed by atoms with van der Waals surface area (Å²) < 4.78 is 5.29. The van der Waals surface area contributed by atoms with Crippen molar-refractivity contribution in [3.63, 3.8) is 0 Å². The van der Waals surface area contributed by atoms with Gasteiger partial charge in [-0.05, 0) is 31.2 Å². The molecule has 0 aromatic carbocycles. The van der Waals surface area contributed by atoms with Gasteiger partial charge in [0.2, 0.25) is 0 Å². The number of aliphatic hydroxyl groups excluding tert-OH is 1. The van der Waals surface area contributed by atoms with E-state index < -0.39 is 6.10 Å². The first-order valence-electron chi connectivity index (χ1n) is 5.62. The highest BCUT2D eigenvalue weighted by molar-refractivity contribution is 6.31. The van der Waals surface area contributed by atoms with Crippen LogP contribution in [-0.2, 0) is 4.74 Å². The van der Waals surface area contributed by atoms with Crippen LogP contribution in [0.2, 0.25) is 5.02 Å². The van der Waals surface area contributed by atoms with E-state index in [4.69, 9.17) is 16.3 Å². The Kier molecular flexibility index (Phi) is 4.16. The summed E-state index contributed by atoms with van der Waals surface area (Å²) in [6, 6.07) is 1.78. The number of aliphatic hydroxyl groups is 1. The van der Waals surface area contributed by atoms with E-state index in [1.165, 1.54) is 0 Å². The Balaban J connectivity index is 1.96. The fourth-order valence-electron chi connectivity index (χ4n) is 2.08. The van der Waals surface area contributed by atoms with Gasteiger partial charge in [0.25, 0.3) is 0 Å². The molecule has 1 fully saturated rings. The number of nitrogens with zero attached hydrogens (tertiary/aromatic N) is 1. The fraction of sp³-hybridized carbons (Fsp3) is 0.583. The lowest BCUT2D eigenvalue weighted by atomic mass is 9.91. The summed E-state index contributed by atoms with van der Waals surface area (Å²) in [5, 5.41) is 10.6. The van der Waals surface area contributed by atoms with E-state index in [0.717, 1.165) is 38.0 Å². The fourth-order valence-corrected chi connectivity index (χ4v) is 2.33. The Bertz CT molecular complexity index is 340. The molecule has 4 heteroatoms. The van der Waals surface area contributed by atoms with Gasteiger partial charge < -0.3 is 9.84 Å². The van der Waals surface area contributed by atoms with Crippen molar-refractivity contribution in [1.29, 1.82) is 0 Å². The van der Waals surface area contributed by atoms with Crippen LogP contribution in [0.25, 0.3) is 0 Å². The number of ether oxygens (including phenoxy) is 1. The van der Waals surface area contributed by atoms with Gasteiger partial charge >= 0.3 is 0 Å². The molecule has 0 aliphatic carbocycles. The van der Waals surface area contributed by atoms with E-state index in [-0.39, 0.29) is 0 Å². The zero-order valence-electron chi connectivity index (χ0n) is 9.10.